The van der Waals surface area contributed by atoms with Crippen LogP contribution in [0.3, 0.4) is 0 Å². The molecule has 0 aromatic carbocycles. The van der Waals surface area contributed by atoms with Crippen LogP contribution in [0.2, 0.25) is 0 Å². The molecule has 0 aliphatic carbocycles. The van der Waals surface area contributed by atoms with Crippen LogP contribution >= 0.6 is 22.6 Å². The third-order valence-corrected chi connectivity index (χ3v) is 3.87. The summed E-state index contributed by atoms with van der Waals surface area (Å²) in [7, 11) is 0. The maximum atomic E-state index is 8.54. The number of halogens is 1. The first-order valence-corrected chi connectivity index (χ1v) is 12.3. The van der Waals surface area contributed by atoms with Crippen LogP contribution in [0, 0.1) is 0 Å². The molecule has 0 aliphatic rings. The topological polar surface area (TPSA) is 103 Å². The lowest BCUT2D eigenvalue weighted by Crippen LogP contribution is -2.15. The van der Waals surface area contributed by atoms with Gasteiger partial charge in [0.05, 0.1) is 126 Å². The van der Waals surface area contributed by atoms with Crippen molar-refractivity contribution in [1.29, 1.82) is 0 Å². The third kappa shape index (κ3) is 30.3. The fraction of sp³-hybridized carbons (Fsp3) is 1.00. The summed E-state index contributed by atoms with van der Waals surface area (Å²) in [4.78, 5) is 0. The Morgan fingerprint density at radius 3 is 0.710 bits per heavy atom. The molecule has 0 saturated carbocycles. The smallest absolute Gasteiger partial charge is 0.0701 e. The van der Waals surface area contributed by atoms with Crippen molar-refractivity contribution in [2.75, 3.05) is 130 Å². The molecule has 10 nitrogen and oxygen atoms in total. The molecule has 0 aromatic rings. The molecule has 0 aliphatic heterocycles. The molecule has 0 radical (unpaired) electrons. The average molecular weight is 568 g/mol. The third-order valence-electron chi connectivity index (χ3n) is 3.43. The highest BCUT2D eigenvalue weighted by molar-refractivity contribution is 14.1. The largest absolute Gasteiger partial charge is 0.394 e. The van der Waals surface area contributed by atoms with E-state index >= 15 is 0 Å². The zero-order valence-corrected chi connectivity index (χ0v) is 20.8. The summed E-state index contributed by atoms with van der Waals surface area (Å²) in [5.41, 5.74) is 0. The molecule has 11 heteroatoms. The summed E-state index contributed by atoms with van der Waals surface area (Å²) in [5.74, 6) is 0. The van der Waals surface area contributed by atoms with Gasteiger partial charge in [0.25, 0.3) is 0 Å². The predicted octanol–water partition coefficient (Wildman–Crippen LogP) is 0.563. The molecule has 0 unspecified atom stereocenters. The molecule has 0 atom stereocenters. The summed E-state index contributed by atoms with van der Waals surface area (Å²) < 4.78 is 49.1. The van der Waals surface area contributed by atoms with Crippen LogP contribution in [0.1, 0.15) is 0 Å². The second kappa shape index (κ2) is 30.3. The SMILES string of the molecule is OCCOCCOCCOCCOCCOCCOCCOCCOCCOCCI. The normalized spacial score (nSPS) is 11.4. The minimum absolute atomic E-state index is 0.0321. The maximum absolute atomic E-state index is 8.54. The Balaban J connectivity index is 2.98. The Kier molecular flexibility index (Phi) is 30.7. The summed E-state index contributed by atoms with van der Waals surface area (Å²) >= 11 is 2.27. The van der Waals surface area contributed by atoms with E-state index in [1.165, 1.54) is 0 Å². The lowest BCUT2D eigenvalue weighted by molar-refractivity contribution is -0.0253. The first-order valence-electron chi connectivity index (χ1n) is 10.8. The number of rotatable bonds is 28. The van der Waals surface area contributed by atoms with Gasteiger partial charge in [-0.1, -0.05) is 22.6 Å². The van der Waals surface area contributed by atoms with Gasteiger partial charge < -0.3 is 47.7 Å². The highest BCUT2D eigenvalue weighted by Gasteiger charge is 1.95. The molecular formula is C20H41IO10. The van der Waals surface area contributed by atoms with E-state index < -0.39 is 0 Å². The molecule has 0 bridgehead atoms. The van der Waals surface area contributed by atoms with Gasteiger partial charge >= 0.3 is 0 Å². The van der Waals surface area contributed by atoms with E-state index in [1.54, 1.807) is 0 Å². The molecule has 1 N–H and O–H groups in total. The minimum atomic E-state index is 0.0321. The number of hydrogen-bond donors (Lipinski definition) is 1. The van der Waals surface area contributed by atoms with E-state index in [4.69, 9.17) is 47.7 Å². The van der Waals surface area contributed by atoms with E-state index in [1.807, 2.05) is 0 Å². The van der Waals surface area contributed by atoms with Gasteiger partial charge in [-0.05, 0) is 0 Å². The van der Waals surface area contributed by atoms with Crippen molar-refractivity contribution in [3.63, 3.8) is 0 Å². The van der Waals surface area contributed by atoms with Crippen LogP contribution in [0.25, 0.3) is 0 Å². The number of hydrogen-bond acceptors (Lipinski definition) is 10. The molecule has 0 saturated heterocycles. The molecule has 31 heavy (non-hydrogen) atoms. The molecular weight excluding hydrogens is 527 g/mol. The maximum Gasteiger partial charge on any atom is 0.0701 e. The molecule has 0 heterocycles. The standard InChI is InChI=1S/C20H41IO10/c21-1-3-23-5-7-25-9-11-27-13-15-29-17-19-31-20-18-30-16-14-28-12-10-26-8-6-24-4-2-22/h22H,1-20H2. The van der Waals surface area contributed by atoms with Crippen molar-refractivity contribution in [2.24, 2.45) is 0 Å². The van der Waals surface area contributed by atoms with Crippen molar-refractivity contribution in [2.45, 2.75) is 0 Å². The van der Waals surface area contributed by atoms with Crippen LogP contribution in [0.15, 0.2) is 0 Å². The Labute approximate surface area is 200 Å². The summed E-state index contributed by atoms with van der Waals surface area (Å²) in [5, 5.41) is 8.54. The van der Waals surface area contributed by atoms with E-state index in [2.05, 4.69) is 22.6 Å². The number of ether oxygens (including phenoxy) is 9. The lowest BCUT2D eigenvalue weighted by Gasteiger charge is -2.08. The van der Waals surface area contributed by atoms with Gasteiger partial charge in [0.1, 0.15) is 0 Å². The van der Waals surface area contributed by atoms with Gasteiger partial charge in [-0.25, -0.2) is 0 Å². The van der Waals surface area contributed by atoms with Crippen molar-refractivity contribution in [3.8, 4) is 0 Å². The van der Waals surface area contributed by atoms with Crippen LogP contribution in [-0.2, 0) is 42.6 Å². The molecule has 0 amide bonds. The number of alkyl halides is 1. The van der Waals surface area contributed by atoms with Gasteiger partial charge in [-0.15, -0.1) is 0 Å². The van der Waals surface area contributed by atoms with Gasteiger partial charge in [0, 0.05) is 4.43 Å². The zero-order valence-electron chi connectivity index (χ0n) is 18.6. The fourth-order valence-electron chi connectivity index (χ4n) is 1.98. The second-order valence-corrected chi connectivity index (χ2v) is 7.00. The Morgan fingerprint density at radius 2 is 0.516 bits per heavy atom. The molecule has 0 fully saturated rings. The first-order chi connectivity index (χ1) is 15.4. The summed E-state index contributed by atoms with van der Waals surface area (Å²) in [6.07, 6.45) is 0. The van der Waals surface area contributed by atoms with Crippen molar-refractivity contribution in [1.82, 2.24) is 0 Å². The lowest BCUT2D eigenvalue weighted by atomic mass is 10.6. The number of aliphatic hydroxyl groups is 1. The van der Waals surface area contributed by atoms with E-state index in [0.29, 0.717) is 112 Å². The monoisotopic (exact) mass is 568 g/mol. The van der Waals surface area contributed by atoms with Crippen molar-refractivity contribution < 1.29 is 47.7 Å². The van der Waals surface area contributed by atoms with E-state index in [9.17, 15) is 0 Å². The van der Waals surface area contributed by atoms with Gasteiger partial charge in [0.15, 0.2) is 0 Å². The highest BCUT2D eigenvalue weighted by Crippen LogP contribution is 1.86. The summed E-state index contributed by atoms with van der Waals surface area (Å²) in [6, 6.07) is 0. The highest BCUT2D eigenvalue weighted by atomic mass is 127. The van der Waals surface area contributed by atoms with E-state index in [-0.39, 0.29) is 6.61 Å². The zero-order chi connectivity index (χ0) is 22.5. The van der Waals surface area contributed by atoms with Gasteiger partial charge in [0.2, 0.25) is 0 Å². The Bertz CT molecular complexity index is 288. The quantitative estimate of drug-likeness (QED) is 0.0819. The molecule has 188 valence electrons. The fourth-order valence-corrected chi connectivity index (χ4v) is 2.29. The predicted molar refractivity (Wildman–Crippen MR) is 123 cm³/mol. The van der Waals surface area contributed by atoms with Gasteiger partial charge in [-0.3, -0.25) is 0 Å². The molecule has 0 spiro atoms. The molecule has 0 aromatic heterocycles. The van der Waals surface area contributed by atoms with E-state index in [0.717, 1.165) is 11.0 Å². The van der Waals surface area contributed by atoms with Crippen molar-refractivity contribution in [3.05, 3.63) is 0 Å². The van der Waals surface area contributed by atoms with Crippen LogP contribution in [0.5, 0.6) is 0 Å². The first kappa shape index (κ1) is 31.3. The second-order valence-electron chi connectivity index (χ2n) is 5.92. The number of aliphatic hydroxyl groups excluding tert-OH is 1. The average Bonchev–Trinajstić information content (AvgIpc) is 2.78. The van der Waals surface area contributed by atoms with Crippen LogP contribution in [0.4, 0.5) is 0 Å². The Hall–Kier alpha value is 0.330. The van der Waals surface area contributed by atoms with Gasteiger partial charge in [-0.2, -0.15) is 0 Å². The Morgan fingerprint density at radius 1 is 0.323 bits per heavy atom. The van der Waals surface area contributed by atoms with Crippen LogP contribution in [-0.4, -0.2) is 135 Å². The molecule has 0 rings (SSSR count). The minimum Gasteiger partial charge on any atom is -0.394 e. The van der Waals surface area contributed by atoms with Crippen molar-refractivity contribution >= 4 is 22.6 Å². The van der Waals surface area contributed by atoms with Crippen LogP contribution < -0.4 is 0 Å². The summed E-state index contributed by atoms with van der Waals surface area (Å²) in [6.45, 7) is 9.72.